The molecule has 0 aliphatic carbocycles. The van der Waals surface area contributed by atoms with Crippen LogP contribution in [-0.2, 0) is 4.74 Å². The maximum atomic E-state index is 8.76. The fourth-order valence-corrected chi connectivity index (χ4v) is 0.0967. The van der Waals surface area contributed by atoms with Crippen LogP contribution in [0.3, 0.4) is 0 Å². The molecular formula is C3H6O2. The second-order valence-corrected chi connectivity index (χ2v) is 0.655. The minimum Gasteiger partial charge on any atom is -0.388 e. The summed E-state index contributed by atoms with van der Waals surface area (Å²) in [5.74, 6) is 0. The highest BCUT2D eigenvalue weighted by Gasteiger charge is 2.12. The Kier molecular flexibility index (Phi) is 0.147. The van der Waals surface area contributed by atoms with Crippen molar-refractivity contribution in [3.8, 4) is 0 Å². The van der Waals surface area contributed by atoms with Crippen LogP contribution in [0.2, 0.25) is 0 Å². The van der Waals surface area contributed by atoms with Gasteiger partial charge in [0.05, 0.1) is 20.0 Å². The van der Waals surface area contributed by atoms with Gasteiger partial charge in [-0.15, -0.1) is 0 Å². The molecular weight excluding hydrogens is 68.0 g/mol. The first-order valence-electron chi connectivity index (χ1n) is 3.63. The van der Waals surface area contributed by atoms with Gasteiger partial charge in [-0.3, -0.25) is 0 Å². The molecule has 0 aromatic carbocycles. The van der Waals surface area contributed by atoms with Crippen LogP contribution in [0.1, 0.15) is 6.85 Å². The van der Waals surface area contributed by atoms with Gasteiger partial charge in [-0.2, -0.15) is 0 Å². The topological polar surface area (TPSA) is 29.5 Å². The van der Waals surface area contributed by atoms with Gasteiger partial charge in [0, 0.05) is 0 Å². The predicted octanol–water partition coefficient (Wildman–Crippen LogP) is -0.623. The molecule has 1 saturated heterocycles. The molecule has 0 amide bonds. The number of hydrogen-bond acceptors (Lipinski definition) is 2. The smallest absolute Gasteiger partial charge is 0.101 e. The van der Waals surface area contributed by atoms with E-state index in [0.717, 1.165) is 0 Å². The lowest BCUT2D eigenvalue weighted by molar-refractivity contribution is -0.0936. The molecule has 1 aliphatic rings. The second kappa shape index (κ2) is 0.954. The van der Waals surface area contributed by atoms with E-state index in [4.69, 9.17) is 12.0 Å². The van der Waals surface area contributed by atoms with Crippen LogP contribution < -0.4 is 0 Å². The lowest BCUT2D eigenvalue weighted by Gasteiger charge is -2.18. The molecule has 0 radical (unpaired) electrons. The fourth-order valence-electron chi connectivity index (χ4n) is 0.0967. The Balaban J connectivity index is 2.85. The quantitative estimate of drug-likeness (QED) is 0.419. The third-order valence-corrected chi connectivity index (χ3v) is 0.295. The van der Waals surface area contributed by atoms with E-state index in [9.17, 15) is 0 Å². The van der Waals surface area contributed by atoms with Gasteiger partial charge in [0.2, 0.25) is 0 Å². The molecule has 2 heteroatoms. The Morgan fingerprint density at radius 2 is 2.80 bits per heavy atom. The number of hydrogen-bond donors (Lipinski definition) is 1. The van der Waals surface area contributed by atoms with Gasteiger partial charge in [-0.25, -0.2) is 0 Å². The van der Waals surface area contributed by atoms with E-state index in [1.807, 2.05) is 0 Å². The Bertz CT molecular complexity index is 148. The van der Waals surface area contributed by atoms with E-state index >= 15 is 0 Å². The summed E-state index contributed by atoms with van der Waals surface area (Å²) in [5.41, 5.74) is 0. The lowest BCUT2D eigenvalue weighted by Crippen LogP contribution is -2.32. The van der Waals surface area contributed by atoms with Gasteiger partial charge in [0.25, 0.3) is 0 Å². The van der Waals surface area contributed by atoms with Gasteiger partial charge in [0.1, 0.15) is 6.08 Å². The summed E-state index contributed by atoms with van der Waals surface area (Å²) in [7, 11) is 0. The maximum Gasteiger partial charge on any atom is 0.101 e. The zero-order valence-corrected chi connectivity index (χ0v) is 2.36. The predicted molar refractivity (Wildman–Crippen MR) is 16.8 cm³/mol. The summed E-state index contributed by atoms with van der Waals surface area (Å²) in [6, 6.07) is 0. The van der Waals surface area contributed by atoms with E-state index < -0.39 is 19.2 Å². The molecule has 0 spiro atoms. The molecule has 1 heterocycles. The Morgan fingerprint density at radius 1 is 2.20 bits per heavy atom. The minimum atomic E-state index is -2.79. The van der Waals surface area contributed by atoms with Crippen LogP contribution in [-0.4, -0.2) is 24.3 Å². The first-order valence-corrected chi connectivity index (χ1v) is 1.13. The maximum absolute atomic E-state index is 8.76. The first-order chi connectivity index (χ1) is 4.21. The van der Waals surface area contributed by atoms with Crippen molar-refractivity contribution in [1.29, 1.82) is 0 Å². The van der Waals surface area contributed by atoms with Crippen molar-refractivity contribution in [3.05, 3.63) is 0 Å². The zero-order valence-electron chi connectivity index (χ0n) is 7.36. The van der Waals surface area contributed by atoms with Crippen LogP contribution in [0.5, 0.6) is 0 Å². The molecule has 0 saturated carbocycles. The van der Waals surface area contributed by atoms with Crippen LogP contribution in [0.25, 0.3) is 0 Å². The van der Waals surface area contributed by atoms with Crippen LogP contribution in [0.15, 0.2) is 0 Å². The molecule has 1 N–H and O–H groups in total. The average Bonchev–Trinajstić information content (AvgIpc) is 1.61. The fraction of sp³-hybridized carbons (Fsp3) is 1.00. The van der Waals surface area contributed by atoms with Gasteiger partial charge in [-0.05, 0) is 0 Å². The molecule has 0 atom stereocenters. The Labute approximate surface area is 37.4 Å². The molecule has 0 aromatic rings. The van der Waals surface area contributed by atoms with Crippen molar-refractivity contribution in [2.24, 2.45) is 0 Å². The third-order valence-electron chi connectivity index (χ3n) is 0.295. The monoisotopic (exact) mass is 79.1 g/mol. The summed E-state index contributed by atoms with van der Waals surface area (Å²) < 4.78 is 37.5. The van der Waals surface area contributed by atoms with E-state index in [2.05, 4.69) is 4.74 Å². The summed E-state index contributed by atoms with van der Waals surface area (Å²) in [4.78, 5) is 0. The van der Waals surface area contributed by atoms with E-state index in [-0.39, 0.29) is 0 Å². The molecule has 5 heavy (non-hydrogen) atoms. The Hall–Kier alpha value is -0.0800. The largest absolute Gasteiger partial charge is 0.388 e. The summed E-state index contributed by atoms with van der Waals surface area (Å²) in [5, 5.41) is 8.76. The minimum absolute atomic E-state index is 2.60. The van der Waals surface area contributed by atoms with Crippen molar-refractivity contribution < 1.29 is 16.7 Å². The third kappa shape index (κ3) is 0.412. The summed E-state index contributed by atoms with van der Waals surface area (Å²) >= 11 is 0. The normalized spacial score (nSPS) is 67.0. The second-order valence-electron chi connectivity index (χ2n) is 0.655. The van der Waals surface area contributed by atoms with E-state index in [1.54, 1.807) is 0 Å². The number of rotatable bonds is 0. The molecule has 0 aromatic heterocycles. The van der Waals surface area contributed by atoms with Gasteiger partial charge < -0.3 is 9.84 Å². The van der Waals surface area contributed by atoms with Crippen molar-refractivity contribution in [2.45, 2.75) is 6.08 Å². The zero-order chi connectivity index (χ0) is 8.21. The van der Waals surface area contributed by atoms with Crippen molar-refractivity contribution in [2.75, 3.05) is 13.1 Å². The molecule has 0 bridgehead atoms. The molecule has 1 fully saturated rings. The highest BCUT2D eigenvalue weighted by atomic mass is 16.5. The highest BCUT2D eigenvalue weighted by Crippen LogP contribution is 1.96. The van der Waals surface area contributed by atoms with Gasteiger partial charge in [0.15, 0.2) is 0 Å². The van der Waals surface area contributed by atoms with Crippen LogP contribution >= 0.6 is 0 Å². The van der Waals surface area contributed by atoms with Crippen molar-refractivity contribution in [3.63, 3.8) is 0 Å². The van der Waals surface area contributed by atoms with Crippen LogP contribution in [0, 0.1) is 0 Å². The lowest BCUT2D eigenvalue weighted by atomic mass is 10.3. The van der Waals surface area contributed by atoms with Crippen molar-refractivity contribution >= 4 is 0 Å². The molecule has 0 unspecified atom stereocenters. The molecule has 1 rings (SSSR count). The number of ether oxygens (including phenoxy) is 1. The van der Waals surface area contributed by atoms with E-state index in [0.29, 0.717) is 0 Å². The van der Waals surface area contributed by atoms with Gasteiger partial charge >= 0.3 is 0 Å². The average molecular weight is 79.1 g/mol. The van der Waals surface area contributed by atoms with Crippen LogP contribution in [0.4, 0.5) is 0 Å². The summed E-state index contributed by atoms with van der Waals surface area (Å²) in [6.07, 6.45) is -2.79. The molecule has 1 aliphatic heterocycles. The highest BCUT2D eigenvalue weighted by molar-refractivity contribution is 4.59. The number of aliphatic hydroxyl groups is 1. The van der Waals surface area contributed by atoms with E-state index in [1.165, 1.54) is 0 Å². The molecule has 2 nitrogen and oxygen atoms in total. The molecule has 30 valence electrons. The SMILES string of the molecule is [2H]C1([2H])OC([2H])([2H])C1([2H])O. The summed E-state index contributed by atoms with van der Waals surface area (Å²) in [6.45, 7) is -5.20. The Morgan fingerprint density at radius 3 is 2.80 bits per heavy atom. The first kappa shape index (κ1) is 0.768. The standard InChI is InChI=1S/C3H6O2/c4-3-1-5-2-3/h3-4H,1-2H2/i1D2,2D2,3D. The van der Waals surface area contributed by atoms with Gasteiger partial charge in [-0.1, -0.05) is 0 Å². The van der Waals surface area contributed by atoms with Crippen molar-refractivity contribution in [1.82, 2.24) is 0 Å².